The van der Waals surface area contributed by atoms with Crippen LogP contribution >= 0.6 is 12.4 Å². The van der Waals surface area contributed by atoms with Crippen LogP contribution in [0.25, 0.3) is 0 Å². The van der Waals surface area contributed by atoms with E-state index >= 15 is 0 Å². The lowest BCUT2D eigenvalue weighted by molar-refractivity contribution is -0.160. The molecule has 0 aliphatic carbocycles. The molecule has 0 fully saturated rings. The summed E-state index contributed by atoms with van der Waals surface area (Å²) in [6.07, 6.45) is 16.9. The number of nitrogens with one attached hydrogen (secondary N) is 1. The monoisotopic (exact) mass is 807 g/mol. The molecule has 2 rings (SSSR count). The van der Waals surface area contributed by atoms with Crippen molar-refractivity contribution in [1.82, 2.24) is 5.32 Å². The first-order valence-corrected chi connectivity index (χ1v) is 20.6. The van der Waals surface area contributed by atoms with Gasteiger partial charge >= 0.3 is 18.0 Å². The van der Waals surface area contributed by atoms with Crippen molar-refractivity contribution in [2.75, 3.05) is 39.5 Å². The molecule has 56 heavy (non-hydrogen) atoms. The van der Waals surface area contributed by atoms with Crippen molar-refractivity contribution >= 4 is 30.4 Å². The topological polar surface area (TPSA) is 146 Å². The van der Waals surface area contributed by atoms with E-state index in [1.807, 2.05) is 41.5 Å². The molecule has 4 N–H and O–H groups in total. The molecule has 2 aromatic carbocycles. The summed E-state index contributed by atoms with van der Waals surface area (Å²) < 4.78 is 20.9. The van der Waals surface area contributed by atoms with Crippen LogP contribution in [0, 0.1) is 0 Å². The fourth-order valence-corrected chi connectivity index (χ4v) is 5.93. The number of nitrogens with two attached hydrogens (primary N) is 1. The highest BCUT2D eigenvalue weighted by molar-refractivity contribution is 5.85. The maximum Gasteiger partial charge on any atom is 0.407 e. The first-order valence-electron chi connectivity index (χ1n) is 20.6. The number of esters is 1. The highest BCUT2D eigenvalue weighted by atomic mass is 35.5. The number of ether oxygens (including phenoxy) is 4. The molecule has 0 atom stereocenters. The number of rotatable bonds is 27. The van der Waals surface area contributed by atoms with E-state index in [-0.39, 0.29) is 37.7 Å². The largest absolute Gasteiger partial charge is 0.480 e. The first-order chi connectivity index (χ1) is 26.2. The van der Waals surface area contributed by atoms with E-state index in [0.717, 1.165) is 103 Å². The molecule has 1 amide bonds. The molecule has 0 saturated carbocycles. The Hall–Kier alpha value is -3.18. The normalized spacial score (nSPS) is 11.2. The number of hydrogen-bond acceptors (Lipinski definition) is 8. The lowest BCUT2D eigenvalue weighted by Crippen LogP contribution is -2.33. The van der Waals surface area contributed by atoms with Gasteiger partial charge in [-0.15, -0.1) is 12.4 Å². The molecular weight excluding hydrogens is 732 g/mol. The minimum atomic E-state index is -0.897. The zero-order valence-electron chi connectivity index (χ0n) is 35.5. The second-order valence-electron chi connectivity index (χ2n) is 16.1. The molecule has 0 aromatic heterocycles. The average molecular weight is 808 g/mol. The van der Waals surface area contributed by atoms with Crippen LogP contribution in [-0.2, 0) is 54.2 Å². The standard InChI is InChI=1S/C27H45NO5.C18H29NO3.ClH/c1-26(2,3)32-24(29)21-31-20-14-8-7-9-15-22-16-10-11-17-23(22)18-12-13-19-28-25(30)33-27(4,5)6;19-13-7-6-12-17-11-5-4-10-16(17)9-3-1-2-8-14-22-15-18(20)21;/h10-11,16-17H,7-9,12-15,18-21H2,1-6H3,(H,28,30);4-5,10-11H,1-3,6-9,12-15,19H2,(H,20,21);1H. The average Bonchev–Trinajstić information content (AvgIpc) is 3.10. The Morgan fingerprint density at radius 1 is 0.571 bits per heavy atom. The molecule has 2 aromatic rings. The SMILES string of the molecule is CC(C)(C)OC(=O)COCCCCCCc1ccccc1CCCCNC(=O)OC(C)(C)C.Cl.NCCCCc1ccccc1CCCCCCOCC(=O)O. The van der Waals surface area contributed by atoms with Crippen molar-refractivity contribution in [3.8, 4) is 0 Å². The van der Waals surface area contributed by atoms with Crippen molar-refractivity contribution in [1.29, 1.82) is 0 Å². The Morgan fingerprint density at radius 3 is 1.38 bits per heavy atom. The molecule has 0 heterocycles. The van der Waals surface area contributed by atoms with Gasteiger partial charge in [0.05, 0.1) is 0 Å². The van der Waals surface area contributed by atoms with Gasteiger partial charge in [-0.2, -0.15) is 0 Å². The fourth-order valence-electron chi connectivity index (χ4n) is 5.93. The third-order valence-electron chi connectivity index (χ3n) is 8.51. The molecule has 11 heteroatoms. The van der Waals surface area contributed by atoms with E-state index in [2.05, 4.69) is 53.8 Å². The Kier molecular flexibility index (Phi) is 30.0. The van der Waals surface area contributed by atoms with Crippen LogP contribution in [0.2, 0.25) is 0 Å². The number of unbranched alkanes of at least 4 members (excludes halogenated alkanes) is 8. The van der Waals surface area contributed by atoms with E-state index in [4.69, 9.17) is 29.8 Å². The predicted molar refractivity (Wildman–Crippen MR) is 229 cm³/mol. The Bertz CT molecular complexity index is 1330. The van der Waals surface area contributed by atoms with Crippen LogP contribution in [0.1, 0.15) is 141 Å². The second kappa shape index (κ2) is 31.9. The number of aliphatic carboxylic acids is 1. The van der Waals surface area contributed by atoms with Crippen LogP contribution in [0.5, 0.6) is 0 Å². The first kappa shape index (κ1) is 52.8. The Morgan fingerprint density at radius 2 is 0.964 bits per heavy atom. The molecule has 0 bridgehead atoms. The van der Waals surface area contributed by atoms with Crippen molar-refractivity contribution in [2.24, 2.45) is 5.73 Å². The molecule has 0 saturated heterocycles. The number of alkyl carbamates (subject to hydrolysis) is 1. The number of halogens is 1. The zero-order valence-corrected chi connectivity index (χ0v) is 36.3. The van der Waals surface area contributed by atoms with Crippen LogP contribution < -0.4 is 11.1 Å². The lowest BCUT2D eigenvalue weighted by atomic mass is 9.97. The van der Waals surface area contributed by atoms with Crippen LogP contribution in [-0.4, -0.2) is 73.9 Å². The number of carbonyl (C=O) groups is 3. The number of amides is 1. The van der Waals surface area contributed by atoms with Gasteiger partial charge in [0.25, 0.3) is 0 Å². The number of aryl methyl sites for hydroxylation is 4. The fraction of sp³-hybridized carbons (Fsp3) is 0.667. The number of carboxylic acid groups (broad SMARTS) is 1. The van der Waals surface area contributed by atoms with Gasteiger partial charge in [-0.1, -0.05) is 74.2 Å². The van der Waals surface area contributed by atoms with E-state index in [0.29, 0.717) is 19.8 Å². The molecule has 0 aliphatic heterocycles. The molecule has 320 valence electrons. The van der Waals surface area contributed by atoms with E-state index in [1.54, 1.807) is 0 Å². The van der Waals surface area contributed by atoms with Gasteiger partial charge in [-0.3, -0.25) is 0 Å². The third kappa shape index (κ3) is 31.0. The van der Waals surface area contributed by atoms with Gasteiger partial charge in [0.15, 0.2) is 0 Å². The smallest absolute Gasteiger partial charge is 0.407 e. The van der Waals surface area contributed by atoms with Crippen molar-refractivity contribution in [2.45, 2.75) is 155 Å². The van der Waals surface area contributed by atoms with Gasteiger partial charge in [-0.05, 0) is 147 Å². The van der Waals surface area contributed by atoms with Crippen molar-refractivity contribution < 1.29 is 38.4 Å². The summed E-state index contributed by atoms with van der Waals surface area (Å²) in [7, 11) is 0. The molecular formula is C45H75ClN2O8. The molecule has 10 nitrogen and oxygen atoms in total. The number of hydrogen-bond donors (Lipinski definition) is 3. The Labute approximate surface area is 344 Å². The van der Waals surface area contributed by atoms with Crippen molar-refractivity contribution in [3.63, 3.8) is 0 Å². The van der Waals surface area contributed by atoms with E-state index < -0.39 is 17.2 Å². The summed E-state index contributed by atoms with van der Waals surface area (Å²) in [5, 5.41) is 11.3. The second-order valence-corrected chi connectivity index (χ2v) is 16.1. The molecule has 0 aliphatic rings. The van der Waals surface area contributed by atoms with Gasteiger partial charge in [0, 0.05) is 19.8 Å². The zero-order chi connectivity index (χ0) is 40.8. The maximum atomic E-state index is 11.7. The summed E-state index contributed by atoms with van der Waals surface area (Å²) in [6, 6.07) is 17.3. The summed E-state index contributed by atoms with van der Waals surface area (Å²) in [5.41, 5.74) is 10.4. The molecule has 0 unspecified atom stereocenters. The summed E-state index contributed by atoms with van der Waals surface area (Å²) in [4.78, 5) is 33.6. The van der Waals surface area contributed by atoms with Gasteiger partial charge in [0.2, 0.25) is 0 Å². The highest BCUT2D eigenvalue weighted by Crippen LogP contribution is 2.17. The van der Waals surface area contributed by atoms with E-state index in [9.17, 15) is 14.4 Å². The van der Waals surface area contributed by atoms with Crippen LogP contribution in [0.4, 0.5) is 4.79 Å². The summed E-state index contributed by atoms with van der Waals surface area (Å²) in [6.45, 7) is 13.5. The van der Waals surface area contributed by atoms with Gasteiger partial charge in [0.1, 0.15) is 24.4 Å². The summed E-state index contributed by atoms with van der Waals surface area (Å²) in [5.74, 6) is -1.20. The maximum absolute atomic E-state index is 11.7. The Balaban J connectivity index is 0.00000115. The van der Waals surface area contributed by atoms with Gasteiger partial charge < -0.3 is 35.1 Å². The highest BCUT2D eigenvalue weighted by Gasteiger charge is 2.16. The van der Waals surface area contributed by atoms with Crippen LogP contribution in [0.15, 0.2) is 48.5 Å². The number of benzene rings is 2. The molecule has 0 radical (unpaired) electrons. The minimum absolute atomic E-state index is 0. The number of carboxylic acids is 1. The van der Waals surface area contributed by atoms with Crippen LogP contribution in [0.3, 0.4) is 0 Å². The third-order valence-corrected chi connectivity index (χ3v) is 8.51. The predicted octanol–water partition coefficient (Wildman–Crippen LogP) is 9.59. The van der Waals surface area contributed by atoms with Crippen molar-refractivity contribution in [3.05, 3.63) is 70.8 Å². The minimum Gasteiger partial charge on any atom is -0.480 e. The van der Waals surface area contributed by atoms with Gasteiger partial charge in [-0.25, -0.2) is 14.4 Å². The quantitative estimate of drug-likeness (QED) is 0.0593. The number of carbonyl (C=O) groups excluding carboxylic acids is 2. The van der Waals surface area contributed by atoms with E-state index in [1.165, 1.54) is 28.7 Å². The summed E-state index contributed by atoms with van der Waals surface area (Å²) >= 11 is 0. The lowest BCUT2D eigenvalue weighted by Gasteiger charge is -2.19. The molecule has 0 spiro atoms.